The lowest BCUT2D eigenvalue weighted by molar-refractivity contribution is -0.384. The Labute approximate surface area is 193 Å². The molecule has 1 unspecified atom stereocenters. The van der Waals surface area contributed by atoms with Crippen molar-refractivity contribution in [3.8, 4) is 0 Å². The molecule has 0 saturated carbocycles. The molecule has 32 heavy (non-hydrogen) atoms. The van der Waals surface area contributed by atoms with E-state index in [1.807, 2.05) is 43.3 Å². The fraction of sp³-hybridized carbons (Fsp3) is 0.130. The molecule has 1 fully saturated rings. The van der Waals surface area contributed by atoms with E-state index in [-0.39, 0.29) is 27.6 Å². The second-order valence-corrected chi connectivity index (χ2v) is 8.74. The Morgan fingerprint density at radius 3 is 2.59 bits per heavy atom. The van der Waals surface area contributed by atoms with E-state index >= 15 is 0 Å². The van der Waals surface area contributed by atoms with Gasteiger partial charge in [0.05, 0.1) is 10.7 Å². The number of benzene rings is 3. The molecule has 4 rings (SSSR count). The van der Waals surface area contributed by atoms with Gasteiger partial charge >= 0.3 is 0 Å². The third-order valence-electron chi connectivity index (χ3n) is 5.01. The summed E-state index contributed by atoms with van der Waals surface area (Å²) >= 11 is 7.35. The van der Waals surface area contributed by atoms with Crippen molar-refractivity contribution >= 4 is 52.2 Å². The molecule has 1 aliphatic heterocycles. The Bertz CT molecular complexity index is 1220. The fourth-order valence-electron chi connectivity index (χ4n) is 3.46. The lowest BCUT2D eigenvalue weighted by Crippen LogP contribution is -2.27. The van der Waals surface area contributed by atoms with Crippen molar-refractivity contribution in [1.29, 1.82) is 0 Å². The second kappa shape index (κ2) is 9.02. The Morgan fingerprint density at radius 1 is 1.16 bits per heavy atom. The van der Waals surface area contributed by atoms with Crippen molar-refractivity contribution in [3.05, 3.63) is 98.6 Å². The van der Waals surface area contributed by atoms with Gasteiger partial charge in [-0.1, -0.05) is 35.9 Å². The van der Waals surface area contributed by atoms with E-state index in [1.165, 1.54) is 12.1 Å². The van der Waals surface area contributed by atoms with Crippen LogP contribution < -0.4 is 10.2 Å². The highest BCUT2D eigenvalue weighted by atomic mass is 35.5. The minimum Gasteiger partial charge on any atom is -0.322 e. The van der Waals surface area contributed by atoms with Gasteiger partial charge in [-0.2, -0.15) is 0 Å². The van der Waals surface area contributed by atoms with Crippen molar-refractivity contribution in [2.75, 3.05) is 16.0 Å². The van der Waals surface area contributed by atoms with Crippen LogP contribution in [0.15, 0.2) is 66.7 Å². The number of amides is 2. The second-order valence-electron chi connectivity index (χ2n) is 7.27. The Hall–Kier alpha value is -3.36. The van der Waals surface area contributed by atoms with Crippen molar-refractivity contribution in [1.82, 2.24) is 0 Å². The first-order chi connectivity index (χ1) is 15.3. The van der Waals surface area contributed by atoms with Gasteiger partial charge in [-0.15, -0.1) is 11.8 Å². The molecule has 1 atom stereocenters. The molecule has 0 aliphatic carbocycles. The van der Waals surface area contributed by atoms with E-state index in [4.69, 9.17) is 11.6 Å². The average Bonchev–Trinajstić information content (AvgIpc) is 3.15. The van der Waals surface area contributed by atoms with Crippen LogP contribution in [0.1, 0.15) is 26.9 Å². The van der Waals surface area contributed by atoms with Gasteiger partial charge in [0.25, 0.3) is 11.6 Å². The summed E-state index contributed by atoms with van der Waals surface area (Å²) in [6, 6.07) is 18.9. The number of aryl methyl sites for hydroxylation is 1. The zero-order valence-electron chi connectivity index (χ0n) is 16.9. The predicted molar refractivity (Wildman–Crippen MR) is 126 cm³/mol. The number of nitro benzene ring substituents is 1. The summed E-state index contributed by atoms with van der Waals surface area (Å²) in [7, 11) is 0. The van der Waals surface area contributed by atoms with Crippen LogP contribution in [0.4, 0.5) is 17.1 Å². The van der Waals surface area contributed by atoms with E-state index in [0.29, 0.717) is 11.4 Å². The summed E-state index contributed by atoms with van der Waals surface area (Å²) in [5, 5.41) is 13.6. The molecule has 1 N–H and O–H groups in total. The molecule has 0 bridgehead atoms. The van der Waals surface area contributed by atoms with Crippen LogP contribution in [0, 0.1) is 17.0 Å². The number of thioether (sulfide) groups is 1. The fourth-order valence-corrected chi connectivity index (χ4v) is 4.82. The van der Waals surface area contributed by atoms with E-state index in [0.717, 1.165) is 22.9 Å². The minimum absolute atomic E-state index is 0.0299. The maximum Gasteiger partial charge on any atom is 0.288 e. The molecule has 2 amide bonds. The Morgan fingerprint density at radius 2 is 1.91 bits per heavy atom. The molecule has 3 aromatic carbocycles. The monoisotopic (exact) mass is 467 g/mol. The number of rotatable bonds is 5. The van der Waals surface area contributed by atoms with Crippen molar-refractivity contribution in [3.63, 3.8) is 0 Å². The number of carbonyl (C=O) groups excluding carboxylic acids is 2. The van der Waals surface area contributed by atoms with Gasteiger partial charge in [0, 0.05) is 23.0 Å². The highest BCUT2D eigenvalue weighted by Crippen LogP contribution is 2.42. The molecular weight excluding hydrogens is 450 g/mol. The standard InChI is InChI=1S/C23H18ClN3O4S/c1-14-3-2-4-18(11-14)26-21(28)13-32-23(26)15-5-8-17(9-6-15)25-22(29)16-7-10-19(24)20(12-16)27(30)31/h2-12,23H,13H2,1H3,(H,25,29). The summed E-state index contributed by atoms with van der Waals surface area (Å²) in [5.41, 5.74) is 3.20. The third kappa shape index (κ3) is 4.46. The first kappa shape index (κ1) is 21.9. The SMILES string of the molecule is Cc1cccc(N2C(=O)CSC2c2ccc(NC(=O)c3ccc(Cl)c([N+](=O)[O-])c3)cc2)c1. The first-order valence-corrected chi connectivity index (χ1v) is 11.1. The number of nitro groups is 1. The van der Waals surface area contributed by atoms with Gasteiger partial charge in [-0.3, -0.25) is 24.6 Å². The van der Waals surface area contributed by atoms with Crippen LogP contribution >= 0.6 is 23.4 Å². The van der Waals surface area contributed by atoms with Crippen molar-refractivity contribution < 1.29 is 14.5 Å². The number of hydrogen-bond acceptors (Lipinski definition) is 5. The molecule has 7 nitrogen and oxygen atoms in total. The van der Waals surface area contributed by atoms with Gasteiger partial charge in [0.1, 0.15) is 10.4 Å². The average molecular weight is 468 g/mol. The normalized spacial score (nSPS) is 15.6. The molecule has 1 saturated heterocycles. The van der Waals surface area contributed by atoms with Gasteiger partial charge in [0.2, 0.25) is 5.91 Å². The maximum absolute atomic E-state index is 12.5. The van der Waals surface area contributed by atoms with E-state index in [2.05, 4.69) is 5.32 Å². The highest BCUT2D eigenvalue weighted by Gasteiger charge is 2.34. The zero-order chi connectivity index (χ0) is 22.8. The summed E-state index contributed by atoms with van der Waals surface area (Å²) in [5.74, 6) is -0.0384. The van der Waals surface area contributed by atoms with Crippen LogP contribution in [0.3, 0.4) is 0 Å². The molecule has 3 aromatic rings. The lowest BCUT2D eigenvalue weighted by atomic mass is 10.1. The smallest absolute Gasteiger partial charge is 0.288 e. The summed E-state index contributed by atoms with van der Waals surface area (Å²) in [4.78, 5) is 37.3. The maximum atomic E-state index is 12.5. The topological polar surface area (TPSA) is 92.6 Å². The minimum atomic E-state index is -0.631. The summed E-state index contributed by atoms with van der Waals surface area (Å²) in [6.45, 7) is 1.99. The number of halogens is 1. The molecule has 0 aromatic heterocycles. The zero-order valence-corrected chi connectivity index (χ0v) is 18.5. The summed E-state index contributed by atoms with van der Waals surface area (Å²) < 4.78 is 0. The first-order valence-electron chi connectivity index (χ1n) is 9.69. The van der Waals surface area contributed by atoms with E-state index < -0.39 is 10.8 Å². The van der Waals surface area contributed by atoms with Crippen LogP contribution in [0.2, 0.25) is 5.02 Å². The van der Waals surface area contributed by atoms with Gasteiger partial charge in [-0.25, -0.2) is 0 Å². The van der Waals surface area contributed by atoms with Crippen LogP contribution in [0.5, 0.6) is 0 Å². The number of anilines is 2. The number of carbonyl (C=O) groups is 2. The third-order valence-corrected chi connectivity index (χ3v) is 6.54. The number of nitrogens with one attached hydrogen (secondary N) is 1. The van der Waals surface area contributed by atoms with Crippen molar-refractivity contribution in [2.45, 2.75) is 12.3 Å². The van der Waals surface area contributed by atoms with Crippen LogP contribution in [0.25, 0.3) is 0 Å². The lowest BCUT2D eigenvalue weighted by Gasteiger charge is -2.25. The number of nitrogens with zero attached hydrogens (tertiary/aromatic N) is 2. The predicted octanol–water partition coefficient (Wildman–Crippen LogP) is 5.59. The van der Waals surface area contributed by atoms with Gasteiger partial charge < -0.3 is 5.32 Å². The van der Waals surface area contributed by atoms with Gasteiger partial charge in [0.15, 0.2) is 0 Å². The van der Waals surface area contributed by atoms with Crippen molar-refractivity contribution in [2.24, 2.45) is 0 Å². The molecule has 9 heteroatoms. The van der Waals surface area contributed by atoms with E-state index in [9.17, 15) is 19.7 Å². The molecule has 1 heterocycles. The number of hydrogen-bond donors (Lipinski definition) is 1. The highest BCUT2D eigenvalue weighted by molar-refractivity contribution is 8.00. The largest absolute Gasteiger partial charge is 0.322 e. The Kier molecular flexibility index (Phi) is 6.16. The van der Waals surface area contributed by atoms with E-state index in [1.54, 1.807) is 28.8 Å². The molecule has 0 radical (unpaired) electrons. The van der Waals surface area contributed by atoms with Crippen LogP contribution in [-0.4, -0.2) is 22.5 Å². The molecule has 1 aliphatic rings. The summed E-state index contributed by atoms with van der Waals surface area (Å²) in [6.07, 6.45) is 0. The molecular formula is C23H18ClN3O4S. The quantitative estimate of drug-likeness (QED) is 0.390. The molecule has 0 spiro atoms. The Balaban J connectivity index is 1.52. The molecule has 162 valence electrons. The van der Waals surface area contributed by atoms with Crippen LogP contribution in [-0.2, 0) is 4.79 Å². The van der Waals surface area contributed by atoms with Gasteiger partial charge in [-0.05, 0) is 54.4 Å².